The maximum atomic E-state index is 5.38. The van der Waals surface area contributed by atoms with E-state index in [2.05, 4.69) is 36.1 Å². The van der Waals surface area contributed by atoms with Crippen LogP contribution in [-0.2, 0) is 17.6 Å². The predicted molar refractivity (Wildman–Crippen MR) is 85.6 cm³/mol. The predicted octanol–water partition coefficient (Wildman–Crippen LogP) is 2.60. The van der Waals surface area contributed by atoms with E-state index in [0.717, 1.165) is 49.2 Å². The lowest BCUT2D eigenvalue weighted by Gasteiger charge is -2.16. The van der Waals surface area contributed by atoms with Crippen molar-refractivity contribution in [2.24, 2.45) is 5.92 Å². The van der Waals surface area contributed by atoms with Crippen LogP contribution in [0.25, 0.3) is 0 Å². The quantitative estimate of drug-likeness (QED) is 0.710. The minimum absolute atomic E-state index is 0.626. The Morgan fingerprint density at radius 1 is 1.24 bits per heavy atom. The van der Waals surface area contributed by atoms with Gasteiger partial charge in [-0.3, -0.25) is 0 Å². The van der Waals surface area contributed by atoms with E-state index < -0.39 is 0 Å². The topological polar surface area (TPSA) is 47.0 Å². The second-order valence-corrected chi connectivity index (χ2v) is 6.23. The van der Waals surface area contributed by atoms with Crippen LogP contribution in [0.4, 0.5) is 0 Å². The number of nitrogens with one attached hydrogen (secondary N) is 1. The van der Waals surface area contributed by atoms with Crippen LogP contribution in [0.2, 0.25) is 0 Å². The minimum atomic E-state index is 0.626. The monoisotopic (exact) mass is 291 g/mol. The highest BCUT2D eigenvalue weighted by Crippen LogP contribution is 2.20. The van der Waals surface area contributed by atoms with Crippen molar-refractivity contribution in [3.8, 4) is 0 Å². The summed E-state index contributed by atoms with van der Waals surface area (Å²) in [6.45, 7) is 11.1. The SMILES string of the molecule is CCOCCc1nc(C)c(CC(C)CNC2CC2)c(C)n1. The Hall–Kier alpha value is -1.00. The van der Waals surface area contributed by atoms with Crippen molar-refractivity contribution < 1.29 is 4.74 Å². The minimum Gasteiger partial charge on any atom is -0.381 e. The van der Waals surface area contributed by atoms with E-state index in [1.165, 1.54) is 18.4 Å². The second-order valence-electron chi connectivity index (χ2n) is 6.23. The lowest BCUT2D eigenvalue weighted by molar-refractivity contribution is 0.149. The first-order valence-electron chi connectivity index (χ1n) is 8.24. The van der Waals surface area contributed by atoms with Crippen molar-refractivity contribution in [3.63, 3.8) is 0 Å². The van der Waals surface area contributed by atoms with Gasteiger partial charge in [0.25, 0.3) is 0 Å². The fourth-order valence-electron chi connectivity index (χ4n) is 2.60. The maximum absolute atomic E-state index is 5.38. The number of hydrogen-bond acceptors (Lipinski definition) is 4. The smallest absolute Gasteiger partial charge is 0.131 e. The van der Waals surface area contributed by atoms with Gasteiger partial charge < -0.3 is 10.1 Å². The number of aromatic nitrogens is 2. The molecule has 118 valence electrons. The Balaban J connectivity index is 1.91. The van der Waals surface area contributed by atoms with Crippen LogP contribution in [0.15, 0.2) is 0 Å². The van der Waals surface area contributed by atoms with Crippen LogP contribution in [0.1, 0.15) is 49.5 Å². The van der Waals surface area contributed by atoms with E-state index in [9.17, 15) is 0 Å². The third-order valence-electron chi connectivity index (χ3n) is 4.03. The van der Waals surface area contributed by atoms with Gasteiger partial charge in [-0.15, -0.1) is 0 Å². The molecule has 1 aromatic heterocycles. The number of ether oxygens (including phenoxy) is 1. The fraction of sp³-hybridized carbons (Fsp3) is 0.765. The number of nitrogens with zero attached hydrogens (tertiary/aromatic N) is 2. The lowest BCUT2D eigenvalue weighted by atomic mass is 9.98. The van der Waals surface area contributed by atoms with Gasteiger partial charge in [0.15, 0.2) is 0 Å². The molecule has 1 aromatic rings. The zero-order valence-electron chi connectivity index (χ0n) is 13.9. The van der Waals surface area contributed by atoms with E-state index in [1.807, 2.05) is 6.92 Å². The van der Waals surface area contributed by atoms with Gasteiger partial charge in [-0.1, -0.05) is 6.92 Å². The van der Waals surface area contributed by atoms with Crippen molar-refractivity contribution in [3.05, 3.63) is 22.8 Å². The van der Waals surface area contributed by atoms with Gasteiger partial charge in [0, 0.05) is 30.5 Å². The highest BCUT2D eigenvalue weighted by molar-refractivity contribution is 5.25. The summed E-state index contributed by atoms with van der Waals surface area (Å²) >= 11 is 0. The Kier molecular flexibility index (Phi) is 6.12. The van der Waals surface area contributed by atoms with E-state index in [0.29, 0.717) is 12.5 Å². The molecule has 0 bridgehead atoms. The number of hydrogen-bond donors (Lipinski definition) is 1. The lowest BCUT2D eigenvalue weighted by Crippen LogP contribution is -2.25. The summed E-state index contributed by atoms with van der Waals surface area (Å²) in [5.41, 5.74) is 3.58. The molecule has 1 fully saturated rings. The van der Waals surface area contributed by atoms with Gasteiger partial charge in [-0.05, 0) is 58.1 Å². The molecule has 2 rings (SSSR count). The van der Waals surface area contributed by atoms with Crippen molar-refractivity contribution in [2.45, 2.75) is 59.4 Å². The van der Waals surface area contributed by atoms with E-state index in [-0.39, 0.29) is 0 Å². The van der Waals surface area contributed by atoms with Crippen molar-refractivity contribution in [1.29, 1.82) is 0 Å². The molecule has 1 atom stereocenters. The van der Waals surface area contributed by atoms with Gasteiger partial charge in [-0.2, -0.15) is 0 Å². The molecule has 1 heterocycles. The molecule has 0 radical (unpaired) electrons. The van der Waals surface area contributed by atoms with Gasteiger partial charge >= 0.3 is 0 Å². The van der Waals surface area contributed by atoms with Gasteiger partial charge in [-0.25, -0.2) is 9.97 Å². The maximum Gasteiger partial charge on any atom is 0.131 e. The first-order chi connectivity index (χ1) is 10.1. The van der Waals surface area contributed by atoms with E-state index >= 15 is 0 Å². The van der Waals surface area contributed by atoms with Crippen LogP contribution >= 0.6 is 0 Å². The largest absolute Gasteiger partial charge is 0.381 e. The molecule has 0 amide bonds. The Bertz CT molecular complexity index is 434. The van der Waals surface area contributed by atoms with Crippen LogP contribution in [0.5, 0.6) is 0 Å². The first-order valence-corrected chi connectivity index (χ1v) is 8.24. The number of rotatable bonds is 9. The molecule has 4 nitrogen and oxygen atoms in total. The second kappa shape index (κ2) is 7.85. The zero-order valence-corrected chi connectivity index (χ0v) is 13.9. The van der Waals surface area contributed by atoms with Crippen molar-refractivity contribution in [1.82, 2.24) is 15.3 Å². The fourth-order valence-corrected chi connectivity index (χ4v) is 2.60. The summed E-state index contributed by atoms with van der Waals surface area (Å²) in [6.07, 6.45) is 4.56. The third kappa shape index (κ3) is 5.36. The molecule has 1 aliphatic carbocycles. The Morgan fingerprint density at radius 3 is 2.48 bits per heavy atom. The van der Waals surface area contributed by atoms with Crippen LogP contribution < -0.4 is 5.32 Å². The summed E-state index contributed by atoms with van der Waals surface area (Å²) < 4.78 is 5.38. The summed E-state index contributed by atoms with van der Waals surface area (Å²) in [5, 5.41) is 3.60. The molecule has 21 heavy (non-hydrogen) atoms. The summed E-state index contributed by atoms with van der Waals surface area (Å²) in [7, 11) is 0. The summed E-state index contributed by atoms with van der Waals surface area (Å²) in [6, 6.07) is 0.784. The van der Waals surface area contributed by atoms with Crippen LogP contribution in [0.3, 0.4) is 0 Å². The molecule has 1 aliphatic rings. The molecule has 1 saturated carbocycles. The standard InChI is InChI=1S/C17H29N3O/c1-5-21-9-8-17-19-13(3)16(14(4)20-17)10-12(2)11-18-15-6-7-15/h12,15,18H,5-11H2,1-4H3. The van der Waals surface area contributed by atoms with E-state index in [1.54, 1.807) is 0 Å². The molecular formula is C17H29N3O. The zero-order chi connectivity index (χ0) is 15.2. The van der Waals surface area contributed by atoms with Gasteiger partial charge in [0.2, 0.25) is 0 Å². The molecule has 0 spiro atoms. The highest BCUT2D eigenvalue weighted by Gasteiger charge is 2.21. The third-order valence-corrected chi connectivity index (χ3v) is 4.03. The molecule has 4 heteroatoms. The van der Waals surface area contributed by atoms with Crippen LogP contribution in [0, 0.1) is 19.8 Å². The molecule has 0 aliphatic heterocycles. The van der Waals surface area contributed by atoms with Gasteiger partial charge in [0.05, 0.1) is 6.61 Å². The highest BCUT2D eigenvalue weighted by atomic mass is 16.5. The molecule has 0 aromatic carbocycles. The molecule has 0 saturated heterocycles. The Labute approximate surface area is 128 Å². The first kappa shape index (κ1) is 16.4. The summed E-state index contributed by atoms with van der Waals surface area (Å²) in [5.74, 6) is 1.53. The van der Waals surface area contributed by atoms with E-state index in [4.69, 9.17) is 4.74 Å². The average Bonchev–Trinajstić information content (AvgIpc) is 3.25. The normalized spacial score (nSPS) is 16.2. The molecule has 1 unspecified atom stereocenters. The van der Waals surface area contributed by atoms with Crippen LogP contribution in [-0.4, -0.2) is 35.8 Å². The average molecular weight is 291 g/mol. The Morgan fingerprint density at radius 2 is 1.90 bits per heavy atom. The van der Waals surface area contributed by atoms with Gasteiger partial charge in [0.1, 0.15) is 5.82 Å². The molecule has 1 N–H and O–H groups in total. The summed E-state index contributed by atoms with van der Waals surface area (Å²) in [4.78, 5) is 9.31. The molecular weight excluding hydrogens is 262 g/mol. The van der Waals surface area contributed by atoms with Crippen molar-refractivity contribution in [2.75, 3.05) is 19.8 Å². The number of aryl methyl sites for hydroxylation is 2. The van der Waals surface area contributed by atoms with Crippen molar-refractivity contribution >= 4 is 0 Å².